The number of benzene rings is 1. The third kappa shape index (κ3) is 3.79. The van der Waals surface area contributed by atoms with E-state index in [9.17, 15) is 14.0 Å². The van der Waals surface area contributed by atoms with Gasteiger partial charge < -0.3 is 15.1 Å². The van der Waals surface area contributed by atoms with E-state index in [0.29, 0.717) is 37.0 Å². The summed E-state index contributed by atoms with van der Waals surface area (Å²) in [7, 11) is 0. The summed E-state index contributed by atoms with van der Waals surface area (Å²) in [5.41, 5.74) is 0.474. The lowest BCUT2D eigenvalue weighted by Crippen LogP contribution is -2.50. The number of nitrogens with one attached hydrogen (secondary N) is 1. The summed E-state index contributed by atoms with van der Waals surface area (Å²) in [6, 6.07) is 6.22. The predicted octanol–water partition coefficient (Wildman–Crippen LogP) is 2.21. The second kappa shape index (κ2) is 8.19. The molecule has 2 atom stereocenters. The summed E-state index contributed by atoms with van der Waals surface area (Å²) in [5, 5.41) is 3.46. The Morgan fingerprint density at radius 1 is 1.11 bits per heavy atom. The summed E-state index contributed by atoms with van der Waals surface area (Å²) in [6.07, 6.45) is 5.50. The first-order valence-electron chi connectivity index (χ1n) is 10.6. The zero-order valence-electron chi connectivity index (χ0n) is 16.5. The van der Waals surface area contributed by atoms with Crippen LogP contribution in [0.25, 0.3) is 0 Å². The number of carbonyl (C=O) groups is 2. The van der Waals surface area contributed by atoms with Crippen LogP contribution in [0, 0.1) is 17.2 Å². The smallest absolute Gasteiger partial charge is 0.230 e. The Labute approximate surface area is 166 Å². The molecular weight excluding hydrogens is 357 g/mol. The lowest BCUT2D eigenvalue weighted by Gasteiger charge is -2.40. The van der Waals surface area contributed by atoms with Gasteiger partial charge in [0.1, 0.15) is 5.82 Å². The average molecular weight is 387 g/mol. The van der Waals surface area contributed by atoms with Crippen molar-refractivity contribution >= 4 is 11.8 Å². The maximum atomic E-state index is 13.5. The third-order valence-corrected chi connectivity index (χ3v) is 6.84. The van der Waals surface area contributed by atoms with E-state index < -0.39 is 0 Å². The van der Waals surface area contributed by atoms with Crippen LogP contribution in [0.3, 0.4) is 0 Å². The molecule has 2 aliphatic heterocycles. The molecule has 1 aliphatic carbocycles. The van der Waals surface area contributed by atoms with Crippen molar-refractivity contribution in [2.75, 3.05) is 39.3 Å². The number of nitrogens with zero attached hydrogens (tertiary/aromatic N) is 2. The topological polar surface area (TPSA) is 52.7 Å². The molecule has 2 saturated heterocycles. The van der Waals surface area contributed by atoms with Crippen molar-refractivity contribution in [1.82, 2.24) is 15.1 Å². The first kappa shape index (κ1) is 19.4. The van der Waals surface area contributed by atoms with Gasteiger partial charge >= 0.3 is 0 Å². The molecule has 3 fully saturated rings. The Morgan fingerprint density at radius 3 is 2.79 bits per heavy atom. The number of amides is 2. The summed E-state index contributed by atoms with van der Waals surface area (Å²) < 4.78 is 13.4. The van der Waals surface area contributed by atoms with Gasteiger partial charge in [0.25, 0.3) is 0 Å². The molecule has 1 aromatic rings. The van der Waals surface area contributed by atoms with Crippen LogP contribution >= 0.6 is 0 Å². The summed E-state index contributed by atoms with van der Waals surface area (Å²) in [6.45, 7) is 4.30. The lowest BCUT2D eigenvalue weighted by atomic mass is 9.67. The van der Waals surface area contributed by atoms with E-state index in [0.717, 1.165) is 45.3 Å². The summed E-state index contributed by atoms with van der Waals surface area (Å²) in [4.78, 5) is 30.0. The van der Waals surface area contributed by atoms with Crippen molar-refractivity contribution in [3.63, 3.8) is 0 Å². The fraction of sp³-hybridized carbons (Fsp3) is 0.636. The summed E-state index contributed by atoms with van der Waals surface area (Å²) >= 11 is 0. The molecule has 4 rings (SSSR count). The Bertz CT molecular complexity index is 740. The molecular formula is C22H30FN3O2. The van der Waals surface area contributed by atoms with Crippen LogP contribution in [0.15, 0.2) is 24.3 Å². The molecule has 0 spiro atoms. The minimum absolute atomic E-state index is 0.0103. The molecule has 2 amide bonds. The van der Waals surface area contributed by atoms with Gasteiger partial charge in [-0.3, -0.25) is 9.59 Å². The predicted molar refractivity (Wildman–Crippen MR) is 105 cm³/mol. The van der Waals surface area contributed by atoms with Gasteiger partial charge in [-0.1, -0.05) is 25.0 Å². The highest BCUT2D eigenvalue weighted by Crippen LogP contribution is 2.45. The average Bonchev–Trinajstić information content (AvgIpc) is 2.98. The second-order valence-electron chi connectivity index (χ2n) is 8.56. The highest BCUT2D eigenvalue weighted by molar-refractivity contribution is 5.84. The largest absolute Gasteiger partial charge is 0.341 e. The zero-order chi connectivity index (χ0) is 19.6. The standard InChI is InChI=1S/C22H30FN3O2/c23-19-7-3-5-17(13-19)14-20(27)25-9-4-10-26(12-11-25)21(28)22-8-2-1-6-18(22)15-24-16-22/h3,5,7,13,18,24H,1-2,4,6,8-12,14-16H2/t18-,22+/m0/s1. The van der Waals surface area contributed by atoms with Crippen LogP contribution in [-0.2, 0) is 16.0 Å². The van der Waals surface area contributed by atoms with Crippen molar-refractivity contribution < 1.29 is 14.0 Å². The third-order valence-electron chi connectivity index (χ3n) is 6.84. The molecule has 6 heteroatoms. The number of fused-ring (bicyclic) bond motifs is 1. The van der Waals surface area contributed by atoms with Crippen LogP contribution in [0.2, 0.25) is 0 Å². The van der Waals surface area contributed by atoms with Gasteiger partial charge in [-0.15, -0.1) is 0 Å². The van der Waals surface area contributed by atoms with E-state index in [2.05, 4.69) is 5.32 Å². The number of hydrogen-bond acceptors (Lipinski definition) is 3. The van der Waals surface area contributed by atoms with Crippen molar-refractivity contribution in [3.05, 3.63) is 35.6 Å². The van der Waals surface area contributed by atoms with Crippen molar-refractivity contribution in [2.24, 2.45) is 11.3 Å². The minimum Gasteiger partial charge on any atom is -0.341 e. The molecule has 0 aromatic heterocycles. The van der Waals surface area contributed by atoms with E-state index >= 15 is 0 Å². The molecule has 1 aromatic carbocycles. The van der Waals surface area contributed by atoms with E-state index in [1.54, 1.807) is 12.1 Å². The number of carbonyl (C=O) groups excluding carboxylic acids is 2. The van der Waals surface area contributed by atoms with Gasteiger partial charge in [0, 0.05) is 32.7 Å². The Hall–Kier alpha value is -1.95. The molecule has 1 N–H and O–H groups in total. The Kier molecular flexibility index (Phi) is 5.67. The highest BCUT2D eigenvalue weighted by atomic mass is 19.1. The van der Waals surface area contributed by atoms with E-state index in [1.807, 2.05) is 9.80 Å². The molecule has 0 radical (unpaired) electrons. The van der Waals surface area contributed by atoms with Crippen molar-refractivity contribution in [3.8, 4) is 0 Å². The van der Waals surface area contributed by atoms with Crippen LogP contribution in [0.4, 0.5) is 4.39 Å². The van der Waals surface area contributed by atoms with Crippen LogP contribution < -0.4 is 5.32 Å². The lowest BCUT2D eigenvalue weighted by molar-refractivity contribution is -0.145. The summed E-state index contributed by atoms with van der Waals surface area (Å²) in [5.74, 6) is 0.449. The minimum atomic E-state index is -0.315. The molecule has 0 bridgehead atoms. The van der Waals surface area contributed by atoms with E-state index in [4.69, 9.17) is 0 Å². The molecule has 2 heterocycles. The van der Waals surface area contributed by atoms with Gasteiger partial charge in [0.05, 0.1) is 11.8 Å². The second-order valence-corrected chi connectivity index (χ2v) is 8.56. The van der Waals surface area contributed by atoms with Crippen LogP contribution in [0.5, 0.6) is 0 Å². The molecule has 28 heavy (non-hydrogen) atoms. The Balaban J connectivity index is 1.38. The molecule has 0 unspecified atom stereocenters. The maximum Gasteiger partial charge on any atom is 0.230 e. The van der Waals surface area contributed by atoms with Gasteiger partial charge in [-0.05, 0) is 49.4 Å². The van der Waals surface area contributed by atoms with Crippen LogP contribution in [-0.4, -0.2) is 60.9 Å². The first-order valence-corrected chi connectivity index (χ1v) is 10.6. The number of rotatable bonds is 3. The van der Waals surface area contributed by atoms with Gasteiger partial charge in [-0.2, -0.15) is 0 Å². The van der Waals surface area contributed by atoms with Gasteiger partial charge in [-0.25, -0.2) is 4.39 Å². The molecule has 1 saturated carbocycles. The molecule has 152 valence electrons. The number of halogens is 1. The monoisotopic (exact) mass is 387 g/mol. The zero-order valence-corrected chi connectivity index (χ0v) is 16.5. The SMILES string of the molecule is O=C(Cc1cccc(F)c1)N1CCCN(C(=O)[C@@]23CCCC[C@H]2CNC3)CC1. The van der Waals surface area contributed by atoms with Crippen LogP contribution in [0.1, 0.15) is 37.7 Å². The normalized spacial score (nSPS) is 28.0. The van der Waals surface area contributed by atoms with Crippen molar-refractivity contribution in [2.45, 2.75) is 38.5 Å². The fourth-order valence-electron chi connectivity index (χ4n) is 5.29. The molecule has 5 nitrogen and oxygen atoms in total. The van der Waals surface area contributed by atoms with E-state index in [-0.39, 0.29) is 23.6 Å². The molecule has 3 aliphatic rings. The van der Waals surface area contributed by atoms with Crippen molar-refractivity contribution in [1.29, 1.82) is 0 Å². The van der Waals surface area contributed by atoms with Gasteiger partial charge in [0.2, 0.25) is 11.8 Å². The highest BCUT2D eigenvalue weighted by Gasteiger charge is 2.51. The Morgan fingerprint density at radius 2 is 1.93 bits per heavy atom. The fourth-order valence-corrected chi connectivity index (χ4v) is 5.29. The maximum absolute atomic E-state index is 13.5. The first-order chi connectivity index (χ1) is 13.6. The number of hydrogen-bond donors (Lipinski definition) is 1. The quantitative estimate of drug-likeness (QED) is 0.865. The van der Waals surface area contributed by atoms with E-state index in [1.165, 1.54) is 18.6 Å². The van der Waals surface area contributed by atoms with Gasteiger partial charge in [0.15, 0.2) is 0 Å².